The van der Waals surface area contributed by atoms with Crippen LogP contribution in [-0.4, -0.2) is 32.0 Å². The third kappa shape index (κ3) is 5.26. The van der Waals surface area contributed by atoms with Gasteiger partial charge in [0.15, 0.2) is 5.11 Å². The summed E-state index contributed by atoms with van der Waals surface area (Å²) in [7, 11) is 0. The van der Waals surface area contributed by atoms with E-state index in [0.717, 1.165) is 33.9 Å². The Morgan fingerprint density at radius 2 is 1.70 bits per heavy atom. The second-order valence-electron chi connectivity index (χ2n) is 10.8. The molecule has 0 aliphatic carbocycles. The van der Waals surface area contributed by atoms with E-state index in [1.54, 1.807) is 0 Å². The largest absolute Gasteiger partial charge is 0.352 e. The van der Waals surface area contributed by atoms with Crippen LogP contribution in [0.2, 0.25) is 0 Å². The fraction of sp³-hybridized carbons (Fsp3) is 0.303. The number of nitrogens with one attached hydrogen (secondary N) is 2. The number of benzene rings is 2. The second kappa shape index (κ2) is 11.3. The minimum Gasteiger partial charge on any atom is -0.352 e. The summed E-state index contributed by atoms with van der Waals surface area (Å²) in [6, 6.07) is 20.5. The first-order chi connectivity index (χ1) is 19.2. The Morgan fingerprint density at radius 3 is 2.40 bits per heavy atom. The van der Waals surface area contributed by atoms with E-state index >= 15 is 0 Å². The molecule has 0 saturated carbocycles. The molecule has 206 valence electrons. The van der Waals surface area contributed by atoms with Crippen LogP contribution in [0, 0.1) is 41.5 Å². The van der Waals surface area contributed by atoms with Crippen LogP contribution in [0.3, 0.4) is 0 Å². The number of nitrogens with zero attached hydrogens (tertiary/aromatic N) is 3. The van der Waals surface area contributed by atoms with Gasteiger partial charge in [0.25, 0.3) is 0 Å². The van der Waals surface area contributed by atoms with Crippen LogP contribution in [0.1, 0.15) is 63.4 Å². The van der Waals surface area contributed by atoms with Crippen LogP contribution in [0.4, 0.5) is 5.69 Å². The molecule has 2 atom stereocenters. The van der Waals surface area contributed by atoms with Crippen LogP contribution in [0.5, 0.6) is 0 Å². The Kier molecular flexibility index (Phi) is 7.76. The third-order valence-corrected chi connectivity index (χ3v) is 8.25. The van der Waals surface area contributed by atoms with Gasteiger partial charge in [-0.25, -0.2) is 0 Å². The van der Waals surface area contributed by atoms with Gasteiger partial charge in [-0.3, -0.25) is 9.78 Å². The average Bonchev–Trinajstić information content (AvgIpc) is 3.40. The number of anilines is 1. The first-order valence-electron chi connectivity index (χ1n) is 13.8. The molecular weight excluding hydrogens is 514 g/mol. The zero-order valence-electron chi connectivity index (χ0n) is 24.1. The summed E-state index contributed by atoms with van der Waals surface area (Å²) in [4.78, 5) is 19.9. The zero-order chi connectivity index (χ0) is 28.6. The Bertz CT molecular complexity index is 1560. The first-order valence-corrected chi connectivity index (χ1v) is 14.2. The fourth-order valence-electron chi connectivity index (χ4n) is 5.88. The summed E-state index contributed by atoms with van der Waals surface area (Å²) >= 11 is 5.88. The number of pyridine rings is 1. The molecule has 1 amide bonds. The van der Waals surface area contributed by atoms with Crippen LogP contribution in [0.15, 0.2) is 66.9 Å². The monoisotopic (exact) mass is 551 g/mol. The molecule has 2 aromatic heterocycles. The lowest BCUT2D eigenvalue weighted by Crippen LogP contribution is -2.33. The maximum atomic E-state index is 13.1. The lowest BCUT2D eigenvalue weighted by Gasteiger charge is -2.28. The number of hydrogen-bond donors (Lipinski definition) is 2. The van der Waals surface area contributed by atoms with Gasteiger partial charge in [-0.15, -0.1) is 0 Å². The van der Waals surface area contributed by atoms with Crippen LogP contribution in [-0.2, 0) is 4.79 Å². The maximum Gasteiger partial charge on any atom is 0.226 e. The summed E-state index contributed by atoms with van der Waals surface area (Å²) in [6.45, 7) is 13.2. The van der Waals surface area contributed by atoms with Crippen molar-refractivity contribution in [3.05, 3.63) is 112 Å². The number of para-hydroxylation sites is 1. The molecule has 2 aromatic carbocycles. The van der Waals surface area contributed by atoms with E-state index in [1.165, 1.54) is 22.4 Å². The number of aromatic nitrogens is 2. The second-order valence-corrected chi connectivity index (χ2v) is 11.2. The van der Waals surface area contributed by atoms with Gasteiger partial charge < -0.3 is 20.1 Å². The quantitative estimate of drug-likeness (QED) is 0.250. The van der Waals surface area contributed by atoms with Crippen LogP contribution >= 0.6 is 12.2 Å². The van der Waals surface area contributed by atoms with Gasteiger partial charge in [0.2, 0.25) is 5.91 Å². The van der Waals surface area contributed by atoms with Crippen molar-refractivity contribution in [3.63, 3.8) is 0 Å². The normalized spacial score (nSPS) is 16.8. The molecule has 5 rings (SSSR count). The number of hydrogen-bond acceptors (Lipinski definition) is 3. The van der Waals surface area contributed by atoms with Crippen molar-refractivity contribution in [1.82, 2.24) is 19.8 Å². The lowest BCUT2D eigenvalue weighted by molar-refractivity contribution is -0.116. The van der Waals surface area contributed by atoms with Crippen LogP contribution in [0.25, 0.3) is 5.69 Å². The highest BCUT2D eigenvalue weighted by Crippen LogP contribution is 2.42. The third-order valence-electron chi connectivity index (χ3n) is 7.90. The number of aryl methyl sites for hydroxylation is 5. The van der Waals surface area contributed by atoms with E-state index in [9.17, 15) is 4.79 Å². The highest BCUT2D eigenvalue weighted by Gasteiger charge is 2.41. The standard InChI is InChI=1S/C33H37N5OS/c1-20-13-14-21(2)28(18-20)35-29(39)15-17-37-32(30(36-33(37)40)27-12-7-8-16-34-27)26-19-24(5)38(25(26)6)31-22(3)10-9-11-23(31)4/h7-14,16,18-19,30,32H,15,17H2,1-6H3,(H,35,39)(H,36,40)/t30-,32+/m0/s1. The van der Waals surface area contributed by atoms with Gasteiger partial charge in [0.1, 0.15) is 0 Å². The molecule has 3 heterocycles. The predicted octanol–water partition coefficient (Wildman–Crippen LogP) is 6.72. The highest BCUT2D eigenvalue weighted by atomic mass is 32.1. The summed E-state index contributed by atoms with van der Waals surface area (Å²) in [6.07, 6.45) is 2.13. The molecule has 7 heteroatoms. The topological polar surface area (TPSA) is 62.2 Å². The van der Waals surface area contributed by atoms with Crippen molar-refractivity contribution >= 4 is 28.9 Å². The molecule has 1 fully saturated rings. The molecule has 4 aromatic rings. The van der Waals surface area contributed by atoms with Gasteiger partial charge in [0, 0.05) is 36.2 Å². The molecule has 0 spiro atoms. The molecule has 40 heavy (non-hydrogen) atoms. The summed E-state index contributed by atoms with van der Waals surface area (Å²) in [5.74, 6) is -0.0301. The van der Waals surface area contributed by atoms with Gasteiger partial charge >= 0.3 is 0 Å². The van der Waals surface area contributed by atoms with Crippen molar-refractivity contribution in [1.29, 1.82) is 0 Å². The lowest BCUT2D eigenvalue weighted by atomic mass is 9.96. The summed E-state index contributed by atoms with van der Waals surface area (Å²) in [5.41, 5.74) is 11.1. The molecule has 0 unspecified atom stereocenters. The first kappa shape index (κ1) is 27.6. The van der Waals surface area contributed by atoms with E-state index in [1.807, 2.05) is 50.4 Å². The minimum atomic E-state index is -0.136. The Balaban J connectivity index is 1.50. The smallest absolute Gasteiger partial charge is 0.226 e. The van der Waals surface area contributed by atoms with E-state index in [-0.39, 0.29) is 18.0 Å². The van der Waals surface area contributed by atoms with Gasteiger partial charge in [-0.05, 0) is 106 Å². The zero-order valence-corrected chi connectivity index (χ0v) is 24.9. The predicted molar refractivity (Wildman–Crippen MR) is 166 cm³/mol. The summed E-state index contributed by atoms with van der Waals surface area (Å²) < 4.78 is 2.35. The van der Waals surface area contributed by atoms with E-state index in [0.29, 0.717) is 18.1 Å². The molecule has 1 aliphatic rings. The summed E-state index contributed by atoms with van der Waals surface area (Å²) in [5, 5.41) is 7.27. The number of rotatable bonds is 7. The highest BCUT2D eigenvalue weighted by molar-refractivity contribution is 7.80. The van der Waals surface area contributed by atoms with Crippen molar-refractivity contribution in [2.45, 2.75) is 60.0 Å². The van der Waals surface area contributed by atoms with E-state index < -0.39 is 0 Å². The van der Waals surface area contributed by atoms with Gasteiger partial charge in [-0.1, -0.05) is 36.4 Å². The Hall–Kier alpha value is -3.97. The SMILES string of the molecule is Cc1ccc(C)c(NC(=O)CCN2C(=S)N[C@@H](c3ccccn3)[C@H]2c2cc(C)n(-c3c(C)cccc3C)c2C)c1. The van der Waals surface area contributed by atoms with E-state index in [2.05, 4.69) is 83.1 Å². The van der Waals surface area contributed by atoms with Gasteiger partial charge in [-0.2, -0.15) is 0 Å². The molecule has 1 saturated heterocycles. The Labute approximate surface area is 242 Å². The number of carbonyl (C=O) groups excluding carboxylic acids is 1. The molecule has 1 aliphatic heterocycles. The van der Waals surface area contributed by atoms with Crippen molar-refractivity contribution < 1.29 is 4.79 Å². The number of thiocarbonyl (C=S) groups is 1. The molecule has 0 radical (unpaired) electrons. The van der Waals surface area contributed by atoms with Crippen molar-refractivity contribution in [3.8, 4) is 5.69 Å². The molecule has 6 nitrogen and oxygen atoms in total. The molecule has 0 bridgehead atoms. The Morgan fingerprint density at radius 1 is 0.950 bits per heavy atom. The minimum absolute atomic E-state index is 0.0301. The molecule has 2 N–H and O–H groups in total. The maximum absolute atomic E-state index is 13.1. The number of amides is 1. The van der Waals surface area contributed by atoms with E-state index in [4.69, 9.17) is 12.2 Å². The number of carbonyl (C=O) groups is 1. The van der Waals surface area contributed by atoms with Crippen molar-refractivity contribution in [2.75, 3.05) is 11.9 Å². The molecular formula is C33H37N5OS. The van der Waals surface area contributed by atoms with Crippen LogP contribution < -0.4 is 10.6 Å². The average molecular weight is 552 g/mol. The van der Waals surface area contributed by atoms with Gasteiger partial charge in [0.05, 0.1) is 23.5 Å². The van der Waals surface area contributed by atoms with Crippen molar-refractivity contribution in [2.24, 2.45) is 0 Å². The fourth-order valence-corrected chi connectivity index (χ4v) is 6.21.